The molecule has 0 aliphatic heterocycles. The zero-order chi connectivity index (χ0) is 13.8. The SMILES string of the molecule is O=S(=O)(C1CCCCC1)N(CCCl)CC(F)(F)F. The van der Waals surface area contributed by atoms with Gasteiger partial charge in [-0.25, -0.2) is 8.42 Å². The van der Waals surface area contributed by atoms with E-state index in [9.17, 15) is 21.6 Å². The molecule has 0 aromatic heterocycles. The van der Waals surface area contributed by atoms with Gasteiger partial charge in [0, 0.05) is 12.4 Å². The molecule has 0 unspecified atom stereocenters. The number of alkyl halides is 4. The molecule has 8 heteroatoms. The Morgan fingerprint density at radius 1 is 1.17 bits per heavy atom. The van der Waals surface area contributed by atoms with Gasteiger partial charge >= 0.3 is 6.18 Å². The van der Waals surface area contributed by atoms with E-state index in [2.05, 4.69) is 0 Å². The van der Waals surface area contributed by atoms with Gasteiger partial charge < -0.3 is 0 Å². The molecule has 0 amide bonds. The van der Waals surface area contributed by atoms with Crippen molar-refractivity contribution in [2.75, 3.05) is 19.0 Å². The van der Waals surface area contributed by atoms with E-state index in [0.29, 0.717) is 17.1 Å². The lowest BCUT2D eigenvalue weighted by Crippen LogP contribution is -2.45. The molecular formula is C10H17ClF3NO2S. The molecule has 108 valence electrons. The van der Waals surface area contributed by atoms with E-state index in [1.54, 1.807) is 0 Å². The first-order valence-electron chi connectivity index (χ1n) is 5.89. The predicted octanol–water partition coefficient (Wildman–Crippen LogP) is 2.75. The first-order valence-corrected chi connectivity index (χ1v) is 7.93. The van der Waals surface area contributed by atoms with Crippen molar-refractivity contribution in [3.8, 4) is 0 Å². The minimum atomic E-state index is -4.53. The van der Waals surface area contributed by atoms with Gasteiger partial charge in [0.05, 0.1) is 5.25 Å². The Hall–Kier alpha value is -0.0100. The fourth-order valence-electron chi connectivity index (χ4n) is 2.16. The van der Waals surface area contributed by atoms with Gasteiger partial charge in [0.15, 0.2) is 0 Å². The van der Waals surface area contributed by atoms with E-state index in [1.807, 2.05) is 0 Å². The topological polar surface area (TPSA) is 37.4 Å². The highest BCUT2D eigenvalue weighted by Gasteiger charge is 2.39. The molecule has 0 atom stereocenters. The molecule has 3 nitrogen and oxygen atoms in total. The maximum Gasteiger partial charge on any atom is 0.402 e. The molecule has 0 saturated heterocycles. The van der Waals surface area contributed by atoms with Gasteiger partial charge in [0.2, 0.25) is 10.0 Å². The average molecular weight is 308 g/mol. The van der Waals surface area contributed by atoms with E-state index >= 15 is 0 Å². The Balaban J connectivity index is 2.81. The van der Waals surface area contributed by atoms with Crippen molar-refractivity contribution in [1.82, 2.24) is 4.31 Å². The van der Waals surface area contributed by atoms with E-state index in [4.69, 9.17) is 11.6 Å². The van der Waals surface area contributed by atoms with Gasteiger partial charge in [0.25, 0.3) is 0 Å². The standard InChI is InChI=1S/C10H17ClF3NO2S/c11-6-7-15(8-10(12,13)14)18(16,17)9-4-2-1-3-5-9/h9H,1-8H2. The summed E-state index contributed by atoms with van der Waals surface area (Å²) in [5.41, 5.74) is 0. The molecule has 1 rings (SSSR count). The molecule has 1 fully saturated rings. The number of sulfonamides is 1. The van der Waals surface area contributed by atoms with Crippen molar-refractivity contribution in [3.05, 3.63) is 0 Å². The third-order valence-electron chi connectivity index (χ3n) is 3.02. The van der Waals surface area contributed by atoms with Crippen LogP contribution in [-0.2, 0) is 10.0 Å². The van der Waals surface area contributed by atoms with Crippen molar-refractivity contribution >= 4 is 21.6 Å². The van der Waals surface area contributed by atoms with Crippen LogP contribution in [0.4, 0.5) is 13.2 Å². The zero-order valence-electron chi connectivity index (χ0n) is 9.92. The van der Waals surface area contributed by atoms with E-state index in [1.165, 1.54) is 0 Å². The molecule has 1 saturated carbocycles. The minimum absolute atomic E-state index is 0.137. The van der Waals surface area contributed by atoms with Crippen molar-refractivity contribution in [2.24, 2.45) is 0 Å². The van der Waals surface area contributed by atoms with Crippen LogP contribution in [0.5, 0.6) is 0 Å². The maximum absolute atomic E-state index is 12.4. The van der Waals surface area contributed by atoms with Gasteiger partial charge in [0.1, 0.15) is 6.54 Å². The van der Waals surface area contributed by atoms with Gasteiger partial charge in [-0.05, 0) is 12.8 Å². The average Bonchev–Trinajstić information content (AvgIpc) is 2.28. The molecule has 0 spiro atoms. The zero-order valence-corrected chi connectivity index (χ0v) is 11.5. The summed E-state index contributed by atoms with van der Waals surface area (Å²) in [5, 5.41) is -0.684. The molecule has 0 N–H and O–H groups in total. The lowest BCUT2D eigenvalue weighted by molar-refractivity contribution is -0.135. The second-order valence-corrected chi connectivity index (χ2v) is 7.03. The summed E-state index contributed by atoms with van der Waals surface area (Å²) in [6, 6.07) is 0. The Bertz CT molecular complexity index is 353. The van der Waals surface area contributed by atoms with E-state index < -0.39 is 28.0 Å². The Kier molecular flexibility index (Phi) is 5.73. The summed E-state index contributed by atoms with van der Waals surface area (Å²) >= 11 is 5.40. The normalized spacial score (nSPS) is 19.4. The minimum Gasteiger partial charge on any atom is -0.212 e. The van der Waals surface area contributed by atoms with Crippen LogP contribution in [0, 0.1) is 0 Å². The third-order valence-corrected chi connectivity index (χ3v) is 5.54. The van der Waals surface area contributed by atoms with Crippen LogP contribution in [0.1, 0.15) is 32.1 Å². The highest BCUT2D eigenvalue weighted by atomic mass is 35.5. The first kappa shape index (κ1) is 16.0. The Labute approximate surface area is 110 Å². The summed E-state index contributed by atoms with van der Waals surface area (Å²) in [6.45, 7) is -1.74. The first-order chi connectivity index (χ1) is 8.27. The largest absolute Gasteiger partial charge is 0.402 e. The van der Waals surface area contributed by atoms with E-state index in [0.717, 1.165) is 19.3 Å². The van der Waals surface area contributed by atoms with Crippen LogP contribution in [0.2, 0.25) is 0 Å². The molecule has 1 aliphatic carbocycles. The molecule has 18 heavy (non-hydrogen) atoms. The quantitative estimate of drug-likeness (QED) is 0.732. The number of halogens is 4. The summed E-state index contributed by atoms with van der Waals surface area (Å²) in [4.78, 5) is 0. The second-order valence-electron chi connectivity index (χ2n) is 4.44. The van der Waals surface area contributed by atoms with Gasteiger partial charge in [-0.1, -0.05) is 19.3 Å². The monoisotopic (exact) mass is 307 g/mol. The highest BCUT2D eigenvalue weighted by Crippen LogP contribution is 2.28. The number of hydrogen-bond acceptors (Lipinski definition) is 2. The van der Waals surface area contributed by atoms with Gasteiger partial charge in [-0.2, -0.15) is 17.5 Å². The Morgan fingerprint density at radius 2 is 1.72 bits per heavy atom. The van der Waals surface area contributed by atoms with Crippen LogP contribution in [0.25, 0.3) is 0 Å². The van der Waals surface area contributed by atoms with Gasteiger partial charge in [-0.15, -0.1) is 11.6 Å². The highest BCUT2D eigenvalue weighted by molar-refractivity contribution is 7.89. The van der Waals surface area contributed by atoms with Crippen LogP contribution >= 0.6 is 11.6 Å². The van der Waals surface area contributed by atoms with Crippen molar-refractivity contribution < 1.29 is 21.6 Å². The molecule has 0 aromatic carbocycles. The fourth-order valence-corrected chi connectivity index (χ4v) is 4.49. The molecule has 1 aliphatic rings. The summed E-state index contributed by atoms with van der Waals surface area (Å²) in [6.07, 6.45) is -1.19. The van der Waals surface area contributed by atoms with Crippen molar-refractivity contribution in [3.63, 3.8) is 0 Å². The van der Waals surface area contributed by atoms with Crippen molar-refractivity contribution in [2.45, 2.75) is 43.5 Å². The molecular weight excluding hydrogens is 291 g/mol. The van der Waals surface area contributed by atoms with E-state index in [-0.39, 0.29) is 12.4 Å². The smallest absolute Gasteiger partial charge is 0.212 e. The fraction of sp³-hybridized carbons (Fsp3) is 1.00. The Morgan fingerprint density at radius 3 is 2.17 bits per heavy atom. The number of rotatable bonds is 5. The molecule has 0 aromatic rings. The predicted molar refractivity (Wildman–Crippen MR) is 64.1 cm³/mol. The van der Waals surface area contributed by atoms with Crippen LogP contribution in [0.15, 0.2) is 0 Å². The van der Waals surface area contributed by atoms with Crippen molar-refractivity contribution in [1.29, 1.82) is 0 Å². The summed E-state index contributed by atoms with van der Waals surface area (Å²) < 4.78 is 61.9. The molecule has 0 bridgehead atoms. The summed E-state index contributed by atoms with van der Waals surface area (Å²) in [5.74, 6) is -0.137. The van der Waals surface area contributed by atoms with Gasteiger partial charge in [-0.3, -0.25) is 0 Å². The maximum atomic E-state index is 12.4. The molecule has 0 radical (unpaired) electrons. The lowest BCUT2D eigenvalue weighted by Gasteiger charge is -2.29. The lowest BCUT2D eigenvalue weighted by atomic mass is 10.0. The van der Waals surface area contributed by atoms with Crippen LogP contribution in [0.3, 0.4) is 0 Å². The number of nitrogens with zero attached hydrogens (tertiary/aromatic N) is 1. The summed E-state index contributed by atoms with van der Waals surface area (Å²) in [7, 11) is -3.89. The number of hydrogen-bond donors (Lipinski definition) is 0. The second kappa shape index (κ2) is 6.43. The van der Waals surface area contributed by atoms with Crippen LogP contribution < -0.4 is 0 Å². The third kappa shape index (κ3) is 4.59. The molecule has 0 heterocycles. The van der Waals surface area contributed by atoms with Crippen LogP contribution in [-0.4, -0.2) is 43.1 Å².